The number of aromatic amines is 1. The van der Waals surface area contributed by atoms with Crippen LogP contribution < -0.4 is 26.2 Å². The van der Waals surface area contributed by atoms with Gasteiger partial charge >= 0.3 is 5.69 Å². The topological polar surface area (TPSA) is 96.4 Å². The van der Waals surface area contributed by atoms with Crippen molar-refractivity contribution in [3.05, 3.63) is 56.7 Å². The fourth-order valence-corrected chi connectivity index (χ4v) is 3.37. The van der Waals surface area contributed by atoms with Gasteiger partial charge in [0.25, 0.3) is 5.56 Å². The second kappa shape index (κ2) is 8.77. The summed E-state index contributed by atoms with van der Waals surface area (Å²) in [4.78, 5) is 41.0. The van der Waals surface area contributed by atoms with Crippen molar-refractivity contribution in [2.75, 3.05) is 24.6 Å². The normalized spacial score (nSPS) is 16.6. The Morgan fingerprint density at radius 2 is 2.14 bits per heavy atom. The number of carbonyl (C=O) groups excluding carboxylic acids is 1. The highest BCUT2D eigenvalue weighted by Crippen LogP contribution is 2.21. The molecule has 0 radical (unpaired) electrons. The predicted octanol–water partition coefficient (Wildman–Crippen LogP) is 1.01. The molecule has 0 bridgehead atoms. The van der Waals surface area contributed by atoms with E-state index >= 15 is 0 Å². The predicted molar refractivity (Wildman–Crippen MR) is 107 cm³/mol. The van der Waals surface area contributed by atoms with Crippen molar-refractivity contribution in [1.29, 1.82) is 0 Å². The summed E-state index contributed by atoms with van der Waals surface area (Å²) in [7, 11) is 1.43. The number of amides is 1. The zero-order valence-electron chi connectivity index (χ0n) is 16.2. The van der Waals surface area contributed by atoms with Crippen LogP contribution in [0.5, 0.6) is 5.75 Å². The van der Waals surface area contributed by atoms with E-state index in [0.717, 1.165) is 28.7 Å². The van der Waals surface area contributed by atoms with E-state index < -0.39 is 5.69 Å². The van der Waals surface area contributed by atoms with E-state index in [9.17, 15) is 14.4 Å². The number of carbonyl (C=O) groups is 1. The molecule has 1 aromatic heterocycles. The van der Waals surface area contributed by atoms with Gasteiger partial charge in [-0.25, -0.2) is 4.79 Å². The quantitative estimate of drug-likeness (QED) is 0.772. The average molecular weight is 386 g/mol. The molecule has 150 valence electrons. The van der Waals surface area contributed by atoms with Crippen molar-refractivity contribution in [3.63, 3.8) is 0 Å². The Balaban J connectivity index is 1.62. The number of benzene rings is 1. The monoisotopic (exact) mass is 386 g/mol. The van der Waals surface area contributed by atoms with Crippen LogP contribution in [-0.2, 0) is 18.4 Å². The molecule has 8 nitrogen and oxygen atoms in total. The molecule has 3 rings (SSSR count). The Morgan fingerprint density at radius 3 is 2.89 bits per heavy atom. The van der Waals surface area contributed by atoms with Gasteiger partial charge in [-0.05, 0) is 37.5 Å². The highest BCUT2D eigenvalue weighted by Gasteiger charge is 2.26. The first-order valence-corrected chi connectivity index (χ1v) is 9.52. The first kappa shape index (κ1) is 19.7. The summed E-state index contributed by atoms with van der Waals surface area (Å²) >= 11 is 0. The molecule has 0 spiro atoms. The van der Waals surface area contributed by atoms with Gasteiger partial charge < -0.3 is 15.0 Å². The molecule has 1 amide bonds. The molecule has 1 saturated heterocycles. The number of ether oxygens (including phenoxy) is 1. The Morgan fingerprint density at radius 1 is 1.32 bits per heavy atom. The van der Waals surface area contributed by atoms with Crippen LogP contribution in [0, 0.1) is 5.92 Å². The van der Waals surface area contributed by atoms with E-state index in [1.54, 1.807) is 0 Å². The van der Waals surface area contributed by atoms with Gasteiger partial charge in [0.15, 0.2) is 0 Å². The molecule has 1 unspecified atom stereocenters. The van der Waals surface area contributed by atoms with Gasteiger partial charge in [0, 0.05) is 32.7 Å². The minimum atomic E-state index is -0.455. The lowest BCUT2D eigenvalue weighted by molar-refractivity contribution is -0.125. The van der Waals surface area contributed by atoms with Gasteiger partial charge in [-0.3, -0.25) is 19.1 Å². The lowest BCUT2D eigenvalue weighted by atomic mass is 9.97. The molecule has 2 aromatic rings. The molecule has 1 aliphatic heterocycles. The van der Waals surface area contributed by atoms with Crippen molar-refractivity contribution >= 4 is 11.7 Å². The van der Waals surface area contributed by atoms with Crippen molar-refractivity contribution in [1.82, 2.24) is 14.9 Å². The van der Waals surface area contributed by atoms with Crippen molar-refractivity contribution < 1.29 is 9.53 Å². The number of hydrogen-bond donors (Lipinski definition) is 2. The number of nitrogens with zero attached hydrogens (tertiary/aromatic N) is 2. The SMILES string of the molecule is CCOc1cccc(CNC(=O)C2CCCN(c3cc(=O)n(C)c(=O)[nH]3)C2)c1. The van der Waals surface area contributed by atoms with Crippen LogP contribution in [0.2, 0.25) is 0 Å². The van der Waals surface area contributed by atoms with Crippen LogP contribution in [0.15, 0.2) is 39.9 Å². The van der Waals surface area contributed by atoms with Crippen LogP contribution in [0.25, 0.3) is 0 Å². The van der Waals surface area contributed by atoms with E-state index in [1.807, 2.05) is 36.1 Å². The van der Waals surface area contributed by atoms with Crippen LogP contribution >= 0.6 is 0 Å². The highest BCUT2D eigenvalue weighted by molar-refractivity contribution is 5.79. The van der Waals surface area contributed by atoms with Gasteiger partial charge in [0.1, 0.15) is 11.6 Å². The molecule has 1 atom stereocenters. The van der Waals surface area contributed by atoms with Gasteiger partial charge in [-0.2, -0.15) is 0 Å². The fraction of sp³-hybridized carbons (Fsp3) is 0.450. The summed E-state index contributed by atoms with van der Waals surface area (Å²) in [6, 6.07) is 9.06. The molecule has 1 fully saturated rings. The fourth-order valence-electron chi connectivity index (χ4n) is 3.37. The maximum Gasteiger partial charge on any atom is 0.329 e. The van der Waals surface area contributed by atoms with E-state index in [4.69, 9.17) is 4.74 Å². The number of aromatic nitrogens is 2. The van der Waals surface area contributed by atoms with Crippen LogP contribution in [0.4, 0.5) is 5.82 Å². The van der Waals surface area contributed by atoms with Crippen molar-refractivity contribution in [2.24, 2.45) is 13.0 Å². The molecule has 1 aromatic carbocycles. The van der Waals surface area contributed by atoms with Crippen molar-refractivity contribution in [3.8, 4) is 5.75 Å². The summed E-state index contributed by atoms with van der Waals surface area (Å²) < 4.78 is 6.51. The second-order valence-electron chi connectivity index (χ2n) is 6.94. The van der Waals surface area contributed by atoms with Gasteiger partial charge in [0.05, 0.1) is 12.5 Å². The molecule has 28 heavy (non-hydrogen) atoms. The lowest BCUT2D eigenvalue weighted by Gasteiger charge is -2.33. The highest BCUT2D eigenvalue weighted by atomic mass is 16.5. The van der Waals surface area contributed by atoms with Gasteiger partial charge in [0.2, 0.25) is 5.91 Å². The number of anilines is 1. The van der Waals surface area contributed by atoms with Crippen LogP contribution in [-0.4, -0.2) is 35.2 Å². The Hall–Kier alpha value is -3.03. The van der Waals surface area contributed by atoms with Gasteiger partial charge in [-0.15, -0.1) is 0 Å². The van der Waals surface area contributed by atoms with E-state index in [2.05, 4.69) is 10.3 Å². The largest absolute Gasteiger partial charge is 0.494 e. The zero-order valence-corrected chi connectivity index (χ0v) is 16.2. The van der Waals surface area contributed by atoms with Gasteiger partial charge in [-0.1, -0.05) is 12.1 Å². The maximum absolute atomic E-state index is 12.6. The summed E-state index contributed by atoms with van der Waals surface area (Å²) in [6.45, 7) is 4.12. The van der Waals surface area contributed by atoms with E-state index in [-0.39, 0.29) is 17.4 Å². The minimum Gasteiger partial charge on any atom is -0.494 e. The number of nitrogens with one attached hydrogen (secondary N) is 2. The third kappa shape index (κ3) is 4.62. The average Bonchev–Trinajstić information content (AvgIpc) is 2.70. The van der Waals surface area contributed by atoms with Crippen molar-refractivity contribution in [2.45, 2.75) is 26.3 Å². The summed E-state index contributed by atoms with van der Waals surface area (Å²) in [5.74, 6) is 1.02. The molecular formula is C20H26N4O4. The smallest absolute Gasteiger partial charge is 0.329 e. The van der Waals surface area contributed by atoms with E-state index in [0.29, 0.717) is 32.1 Å². The standard InChI is InChI=1S/C20H26N4O4/c1-3-28-16-8-4-6-14(10-16)12-21-19(26)15-7-5-9-24(13-15)17-11-18(25)23(2)20(27)22-17/h4,6,8,10-11,15H,3,5,7,9,12-13H2,1-2H3,(H,21,26)(H,22,27). The molecular weight excluding hydrogens is 360 g/mol. The third-order valence-corrected chi connectivity index (χ3v) is 4.94. The molecule has 8 heteroatoms. The Bertz CT molecular complexity index is 918. The zero-order chi connectivity index (χ0) is 20.1. The summed E-state index contributed by atoms with van der Waals surface area (Å²) in [5, 5.41) is 2.98. The maximum atomic E-state index is 12.6. The minimum absolute atomic E-state index is 0.0299. The third-order valence-electron chi connectivity index (χ3n) is 4.94. The number of H-pyrrole nitrogens is 1. The summed E-state index contributed by atoms with van der Waals surface area (Å²) in [6.07, 6.45) is 1.59. The number of rotatable bonds is 6. The first-order valence-electron chi connectivity index (χ1n) is 9.52. The first-order chi connectivity index (χ1) is 13.5. The van der Waals surface area contributed by atoms with E-state index in [1.165, 1.54) is 13.1 Å². The molecule has 2 N–H and O–H groups in total. The molecule has 0 saturated carbocycles. The molecule has 2 heterocycles. The number of piperidine rings is 1. The molecule has 0 aliphatic carbocycles. The van der Waals surface area contributed by atoms with Crippen LogP contribution in [0.1, 0.15) is 25.3 Å². The second-order valence-corrected chi connectivity index (χ2v) is 6.94. The van der Waals surface area contributed by atoms with Crippen LogP contribution in [0.3, 0.4) is 0 Å². The summed E-state index contributed by atoms with van der Waals surface area (Å²) in [5.41, 5.74) is 0.158. The lowest BCUT2D eigenvalue weighted by Crippen LogP contribution is -2.44. The Kier molecular flexibility index (Phi) is 6.18. The molecule has 1 aliphatic rings. The Labute approximate surface area is 163 Å². The number of hydrogen-bond acceptors (Lipinski definition) is 5.